The van der Waals surface area contributed by atoms with Crippen molar-refractivity contribution in [2.45, 2.75) is 17.2 Å². The van der Waals surface area contributed by atoms with Crippen LogP contribution in [0, 0.1) is 0 Å². The van der Waals surface area contributed by atoms with Crippen LogP contribution in [0.25, 0.3) is 11.2 Å². The van der Waals surface area contributed by atoms with Crippen LogP contribution in [0.3, 0.4) is 0 Å². The molecule has 0 saturated heterocycles. The number of imidazole rings is 1. The van der Waals surface area contributed by atoms with Gasteiger partial charge in [0.1, 0.15) is 16.9 Å². The monoisotopic (exact) mass is 359 g/mol. The minimum absolute atomic E-state index is 0.150. The number of carbonyl (C=O) groups excluding carboxylic acids is 1. The molecule has 3 rings (SSSR count). The first-order valence-corrected chi connectivity index (χ1v) is 8.34. The number of fused-ring (bicyclic) bond motifs is 1. The minimum atomic E-state index is -0.366. The van der Waals surface area contributed by atoms with Crippen LogP contribution in [0.5, 0.6) is 11.5 Å². The highest BCUT2D eigenvalue weighted by Gasteiger charge is 2.18. The maximum Gasteiger partial charge on any atom is 0.237 e. The molecule has 9 heteroatoms. The zero-order valence-corrected chi connectivity index (χ0v) is 14.8. The van der Waals surface area contributed by atoms with Crippen molar-refractivity contribution in [3.8, 4) is 11.5 Å². The average Bonchev–Trinajstić information content (AvgIpc) is 3.11. The second kappa shape index (κ2) is 7.39. The molecule has 0 spiro atoms. The Morgan fingerprint density at radius 1 is 1.20 bits per heavy atom. The van der Waals surface area contributed by atoms with Crippen LogP contribution in [-0.2, 0) is 4.79 Å². The molecule has 1 atom stereocenters. The Balaban J connectivity index is 1.72. The first-order valence-electron chi connectivity index (χ1n) is 7.46. The number of carbonyl (C=O) groups is 1. The summed E-state index contributed by atoms with van der Waals surface area (Å²) in [5, 5.41) is 3.18. The summed E-state index contributed by atoms with van der Waals surface area (Å²) in [6.45, 7) is 1.81. The molecule has 0 unspecified atom stereocenters. The number of methoxy groups -OCH3 is 2. The van der Waals surface area contributed by atoms with Gasteiger partial charge in [0, 0.05) is 11.8 Å². The number of rotatable bonds is 6. The normalized spacial score (nSPS) is 12.0. The molecule has 25 heavy (non-hydrogen) atoms. The largest absolute Gasteiger partial charge is 0.493 e. The number of anilines is 1. The highest BCUT2D eigenvalue weighted by Crippen LogP contribution is 2.31. The third-order valence-electron chi connectivity index (χ3n) is 3.50. The first-order chi connectivity index (χ1) is 12.1. The van der Waals surface area contributed by atoms with E-state index in [-0.39, 0.29) is 11.2 Å². The predicted octanol–water partition coefficient (Wildman–Crippen LogP) is 2.49. The molecule has 3 aromatic rings. The molecule has 2 aromatic heterocycles. The highest BCUT2D eigenvalue weighted by molar-refractivity contribution is 8.00. The number of thioether (sulfide) groups is 1. The summed E-state index contributed by atoms with van der Waals surface area (Å²) < 4.78 is 10.4. The summed E-state index contributed by atoms with van der Waals surface area (Å²) in [7, 11) is 3.11. The molecule has 0 aliphatic heterocycles. The van der Waals surface area contributed by atoms with Crippen molar-refractivity contribution in [3.63, 3.8) is 0 Å². The average molecular weight is 359 g/mol. The van der Waals surface area contributed by atoms with E-state index in [1.54, 1.807) is 38.7 Å². The Morgan fingerprint density at radius 2 is 2.00 bits per heavy atom. The zero-order chi connectivity index (χ0) is 17.8. The van der Waals surface area contributed by atoms with Crippen molar-refractivity contribution >= 4 is 34.5 Å². The number of H-pyrrole nitrogens is 1. The molecule has 8 nitrogen and oxygen atoms in total. The van der Waals surface area contributed by atoms with Crippen molar-refractivity contribution < 1.29 is 14.3 Å². The summed E-state index contributed by atoms with van der Waals surface area (Å²) >= 11 is 1.33. The summed E-state index contributed by atoms with van der Waals surface area (Å²) in [5.74, 6) is 1.00. The summed E-state index contributed by atoms with van der Waals surface area (Å²) in [5.41, 5.74) is 1.92. The van der Waals surface area contributed by atoms with Gasteiger partial charge in [-0.2, -0.15) is 0 Å². The second-order valence-electron chi connectivity index (χ2n) is 5.10. The number of hydrogen-bond acceptors (Lipinski definition) is 7. The van der Waals surface area contributed by atoms with Gasteiger partial charge >= 0.3 is 0 Å². The van der Waals surface area contributed by atoms with Gasteiger partial charge in [-0.1, -0.05) is 11.8 Å². The molecule has 0 aliphatic rings. The third-order valence-corrected chi connectivity index (χ3v) is 4.60. The summed E-state index contributed by atoms with van der Waals surface area (Å²) in [4.78, 5) is 27.8. The lowest BCUT2D eigenvalue weighted by molar-refractivity contribution is -0.115. The van der Waals surface area contributed by atoms with Crippen molar-refractivity contribution in [1.29, 1.82) is 0 Å². The molecular weight excluding hydrogens is 342 g/mol. The lowest BCUT2D eigenvalue weighted by atomic mass is 10.2. The standard InChI is InChI=1S/C16H17N5O3S/c1-9(25-16-13-14(18-7-17-13)19-8-20-16)15(22)21-10-4-5-11(23-2)12(6-10)24-3/h4-9H,1-3H3,(H,21,22)(H,17,18,19,20)/t9-/m1/s1. The minimum Gasteiger partial charge on any atom is -0.493 e. The maximum absolute atomic E-state index is 12.5. The van der Waals surface area contributed by atoms with Gasteiger partial charge in [0.25, 0.3) is 0 Å². The Morgan fingerprint density at radius 3 is 2.76 bits per heavy atom. The number of nitrogens with one attached hydrogen (secondary N) is 2. The Labute approximate surface area is 148 Å². The zero-order valence-electron chi connectivity index (χ0n) is 13.9. The molecule has 1 amide bonds. The molecule has 1 aromatic carbocycles. The van der Waals surface area contributed by atoms with E-state index in [9.17, 15) is 4.79 Å². The van der Waals surface area contributed by atoms with Gasteiger partial charge in [-0.15, -0.1) is 0 Å². The van der Waals surface area contributed by atoms with Gasteiger partial charge in [0.2, 0.25) is 5.91 Å². The van der Waals surface area contributed by atoms with E-state index in [0.717, 1.165) is 5.52 Å². The number of aromatic nitrogens is 4. The number of aromatic amines is 1. The summed E-state index contributed by atoms with van der Waals surface area (Å²) in [6, 6.07) is 5.21. The van der Waals surface area contributed by atoms with Gasteiger partial charge in [0.05, 0.1) is 25.8 Å². The van der Waals surface area contributed by atoms with Crippen LogP contribution in [0.2, 0.25) is 0 Å². The molecule has 0 bridgehead atoms. The van der Waals surface area contributed by atoms with Crippen molar-refractivity contribution in [3.05, 3.63) is 30.9 Å². The van der Waals surface area contributed by atoms with E-state index in [1.165, 1.54) is 18.1 Å². The van der Waals surface area contributed by atoms with E-state index < -0.39 is 0 Å². The molecule has 0 saturated carbocycles. The lowest BCUT2D eigenvalue weighted by Crippen LogP contribution is -2.22. The van der Waals surface area contributed by atoms with E-state index in [4.69, 9.17) is 9.47 Å². The van der Waals surface area contributed by atoms with E-state index in [0.29, 0.717) is 27.9 Å². The van der Waals surface area contributed by atoms with Gasteiger partial charge in [-0.3, -0.25) is 4.79 Å². The fraction of sp³-hybridized carbons (Fsp3) is 0.250. The van der Waals surface area contributed by atoms with E-state index >= 15 is 0 Å². The Hall–Kier alpha value is -2.81. The van der Waals surface area contributed by atoms with Crippen molar-refractivity contribution in [2.75, 3.05) is 19.5 Å². The van der Waals surface area contributed by atoms with E-state index in [2.05, 4.69) is 25.3 Å². The van der Waals surface area contributed by atoms with Crippen LogP contribution < -0.4 is 14.8 Å². The smallest absolute Gasteiger partial charge is 0.237 e. The van der Waals surface area contributed by atoms with Crippen LogP contribution in [-0.4, -0.2) is 45.3 Å². The Kier molecular flexibility index (Phi) is 5.03. The maximum atomic E-state index is 12.5. The molecule has 0 radical (unpaired) electrons. The molecule has 2 heterocycles. The van der Waals surface area contributed by atoms with Gasteiger partial charge in [0.15, 0.2) is 17.1 Å². The Bertz CT molecular complexity index is 898. The SMILES string of the molecule is COc1ccc(NC(=O)[C@@H](C)Sc2ncnc3nc[nH]c23)cc1OC. The van der Waals surface area contributed by atoms with Crippen LogP contribution in [0.15, 0.2) is 35.9 Å². The first kappa shape index (κ1) is 17.0. The molecule has 0 aliphatic carbocycles. The lowest BCUT2D eigenvalue weighted by Gasteiger charge is -2.13. The highest BCUT2D eigenvalue weighted by atomic mass is 32.2. The van der Waals surface area contributed by atoms with Crippen molar-refractivity contribution in [1.82, 2.24) is 19.9 Å². The topological polar surface area (TPSA) is 102 Å². The third kappa shape index (κ3) is 3.66. The number of ether oxygens (including phenoxy) is 2. The van der Waals surface area contributed by atoms with Gasteiger partial charge in [-0.05, 0) is 19.1 Å². The number of nitrogens with zero attached hydrogens (tertiary/aromatic N) is 3. The fourth-order valence-electron chi connectivity index (χ4n) is 2.21. The number of amides is 1. The van der Waals surface area contributed by atoms with Crippen LogP contribution >= 0.6 is 11.8 Å². The summed E-state index contributed by atoms with van der Waals surface area (Å²) in [6.07, 6.45) is 2.99. The van der Waals surface area contributed by atoms with Crippen LogP contribution in [0.1, 0.15) is 6.92 Å². The molecule has 2 N–H and O–H groups in total. The number of benzene rings is 1. The molecular formula is C16H17N5O3S. The van der Waals surface area contributed by atoms with Gasteiger partial charge < -0.3 is 19.8 Å². The molecule has 130 valence electrons. The van der Waals surface area contributed by atoms with E-state index in [1.807, 2.05) is 6.92 Å². The molecule has 0 fully saturated rings. The predicted molar refractivity (Wildman–Crippen MR) is 95.2 cm³/mol. The number of hydrogen-bond donors (Lipinski definition) is 2. The fourth-order valence-corrected chi connectivity index (χ4v) is 3.09. The van der Waals surface area contributed by atoms with Crippen molar-refractivity contribution in [2.24, 2.45) is 0 Å². The van der Waals surface area contributed by atoms with Crippen LogP contribution in [0.4, 0.5) is 5.69 Å². The quantitative estimate of drug-likeness (QED) is 0.515. The second-order valence-corrected chi connectivity index (χ2v) is 6.43. The van der Waals surface area contributed by atoms with Gasteiger partial charge in [-0.25, -0.2) is 15.0 Å².